The summed E-state index contributed by atoms with van der Waals surface area (Å²) in [6, 6.07) is 24.5. The van der Waals surface area contributed by atoms with Crippen LogP contribution < -0.4 is 26.0 Å². The number of hydrogen-bond donors (Lipinski definition) is 3. The maximum atomic E-state index is 13.4. The minimum Gasteiger partial charge on any atom is -0.489 e. The molecule has 3 amide bonds. The molecular formula is C33H40N4O4. The second kappa shape index (κ2) is 14.9. The highest BCUT2D eigenvalue weighted by molar-refractivity contribution is 5.97. The first-order valence-corrected chi connectivity index (χ1v) is 14.4. The normalized spacial score (nSPS) is 14.5. The van der Waals surface area contributed by atoms with Gasteiger partial charge in [-0.2, -0.15) is 0 Å². The number of rotatable bonds is 13. The first-order chi connectivity index (χ1) is 19.9. The largest absolute Gasteiger partial charge is 0.489 e. The monoisotopic (exact) mass is 556 g/mol. The van der Waals surface area contributed by atoms with Crippen LogP contribution in [0.25, 0.3) is 0 Å². The summed E-state index contributed by atoms with van der Waals surface area (Å²) in [4.78, 5) is 39.9. The maximum absolute atomic E-state index is 13.4. The lowest BCUT2D eigenvalue weighted by Gasteiger charge is -2.29. The zero-order chi connectivity index (χ0) is 29.0. The quantitative estimate of drug-likeness (QED) is 0.279. The number of nitrogens with two attached hydrogens (primary N) is 1. The van der Waals surface area contributed by atoms with Gasteiger partial charge in [-0.15, -0.1) is 0 Å². The van der Waals surface area contributed by atoms with E-state index in [9.17, 15) is 14.4 Å². The first kappa shape index (κ1) is 29.6. The Balaban J connectivity index is 1.39. The van der Waals surface area contributed by atoms with Gasteiger partial charge in [0.05, 0.1) is 0 Å². The van der Waals surface area contributed by atoms with E-state index in [0.29, 0.717) is 25.1 Å². The summed E-state index contributed by atoms with van der Waals surface area (Å²) in [6.45, 7) is 4.24. The van der Waals surface area contributed by atoms with E-state index in [1.54, 1.807) is 6.92 Å². The van der Waals surface area contributed by atoms with Gasteiger partial charge in [-0.25, -0.2) is 0 Å². The molecule has 2 atom stereocenters. The molecule has 1 fully saturated rings. The number of benzene rings is 3. The van der Waals surface area contributed by atoms with Crippen molar-refractivity contribution in [2.75, 3.05) is 23.3 Å². The molecule has 8 heteroatoms. The summed E-state index contributed by atoms with van der Waals surface area (Å²) in [5.41, 5.74) is 9.10. The molecule has 0 aliphatic carbocycles. The van der Waals surface area contributed by atoms with Crippen LogP contribution in [0.15, 0.2) is 78.9 Å². The Morgan fingerprint density at radius 3 is 2.22 bits per heavy atom. The van der Waals surface area contributed by atoms with E-state index in [4.69, 9.17) is 10.5 Å². The number of carbonyl (C=O) groups excluding carboxylic acids is 3. The Morgan fingerprint density at radius 1 is 0.878 bits per heavy atom. The predicted octanol–water partition coefficient (Wildman–Crippen LogP) is 4.82. The van der Waals surface area contributed by atoms with Gasteiger partial charge in [-0.3, -0.25) is 14.4 Å². The highest BCUT2D eigenvalue weighted by Gasteiger charge is 2.23. The molecule has 3 aromatic rings. The standard InChI is InChI=1S/C33H40N4O4/c1-24(32(34)39)10-19-31(38)36-30(22-25-11-17-29(18-12-25)41-23-26-8-4-2-5-9-26)33(40)35-27-13-15-28(16-14-27)37-20-6-3-7-21-37/h2,4-5,8-9,11-18,24,30H,3,6-7,10,19-23H2,1H3,(H2,34,39)(H,35,40)(H,36,38). The van der Waals surface area contributed by atoms with Crippen molar-refractivity contribution in [3.8, 4) is 5.75 Å². The number of ether oxygens (including phenoxy) is 1. The van der Waals surface area contributed by atoms with Crippen molar-refractivity contribution in [2.45, 2.75) is 58.1 Å². The van der Waals surface area contributed by atoms with E-state index < -0.39 is 17.9 Å². The molecule has 1 heterocycles. The third-order valence-electron chi connectivity index (χ3n) is 7.41. The van der Waals surface area contributed by atoms with E-state index in [0.717, 1.165) is 35.7 Å². The molecule has 4 rings (SSSR count). The second-order valence-corrected chi connectivity index (χ2v) is 10.7. The molecule has 4 N–H and O–H groups in total. The fourth-order valence-electron chi connectivity index (χ4n) is 4.80. The smallest absolute Gasteiger partial charge is 0.247 e. The van der Waals surface area contributed by atoms with Crippen molar-refractivity contribution in [3.05, 3.63) is 90.0 Å². The number of piperidine rings is 1. The van der Waals surface area contributed by atoms with Gasteiger partial charge in [-0.05, 0) is 73.2 Å². The van der Waals surface area contributed by atoms with Gasteiger partial charge < -0.3 is 26.0 Å². The van der Waals surface area contributed by atoms with Gasteiger partial charge in [0.25, 0.3) is 0 Å². The van der Waals surface area contributed by atoms with E-state index in [1.165, 1.54) is 19.3 Å². The van der Waals surface area contributed by atoms with Crippen LogP contribution in [-0.2, 0) is 27.4 Å². The number of nitrogens with zero attached hydrogens (tertiary/aromatic N) is 1. The highest BCUT2D eigenvalue weighted by atomic mass is 16.5. The average molecular weight is 557 g/mol. The average Bonchev–Trinajstić information content (AvgIpc) is 3.00. The molecule has 1 saturated heterocycles. The Labute approximate surface area is 242 Å². The topological polar surface area (TPSA) is 114 Å². The molecule has 2 unspecified atom stereocenters. The fourth-order valence-corrected chi connectivity index (χ4v) is 4.80. The van der Waals surface area contributed by atoms with Crippen molar-refractivity contribution in [1.29, 1.82) is 0 Å². The van der Waals surface area contributed by atoms with Crippen molar-refractivity contribution >= 4 is 29.1 Å². The number of amides is 3. The number of anilines is 2. The van der Waals surface area contributed by atoms with Crippen LogP contribution in [0.2, 0.25) is 0 Å². The zero-order valence-corrected chi connectivity index (χ0v) is 23.7. The molecule has 216 valence electrons. The second-order valence-electron chi connectivity index (χ2n) is 10.7. The SMILES string of the molecule is CC(CCC(=O)NC(Cc1ccc(OCc2ccccc2)cc1)C(=O)Nc1ccc(N2CCCCC2)cc1)C(N)=O. The van der Waals surface area contributed by atoms with Gasteiger partial charge in [0.1, 0.15) is 18.4 Å². The first-order valence-electron chi connectivity index (χ1n) is 14.4. The van der Waals surface area contributed by atoms with Gasteiger partial charge >= 0.3 is 0 Å². The molecule has 8 nitrogen and oxygen atoms in total. The molecule has 0 spiro atoms. The van der Waals surface area contributed by atoms with Crippen LogP contribution in [-0.4, -0.2) is 36.9 Å². The summed E-state index contributed by atoms with van der Waals surface area (Å²) in [5.74, 6) is -0.764. The van der Waals surface area contributed by atoms with Gasteiger partial charge in [0.15, 0.2) is 0 Å². The molecule has 0 saturated carbocycles. The highest BCUT2D eigenvalue weighted by Crippen LogP contribution is 2.22. The summed E-state index contributed by atoms with van der Waals surface area (Å²) in [6.07, 6.45) is 4.37. The molecule has 41 heavy (non-hydrogen) atoms. The van der Waals surface area contributed by atoms with Crippen molar-refractivity contribution in [1.82, 2.24) is 5.32 Å². The number of primary amides is 1. The summed E-state index contributed by atoms with van der Waals surface area (Å²) >= 11 is 0. The molecule has 1 aliphatic rings. The Morgan fingerprint density at radius 2 is 1.56 bits per heavy atom. The molecule has 0 aromatic heterocycles. The number of carbonyl (C=O) groups is 3. The summed E-state index contributed by atoms with van der Waals surface area (Å²) in [7, 11) is 0. The summed E-state index contributed by atoms with van der Waals surface area (Å²) < 4.78 is 5.88. The van der Waals surface area contributed by atoms with Gasteiger partial charge in [0, 0.05) is 43.2 Å². The number of nitrogens with one attached hydrogen (secondary N) is 2. The van der Waals surface area contributed by atoms with Crippen LogP contribution >= 0.6 is 0 Å². The van der Waals surface area contributed by atoms with Gasteiger partial charge in [0.2, 0.25) is 17.7 Å². The lowest BCUT2D eigenvalue weighted by atomic mass is 10.0. The zero-order valence-electron chi connectivity index (χ0n) is 23.7. The lowest BCUT2D eigenvalue weighted by Crippen LogP contribution is -2.45. The molecule has 0 radical (unpaired) electrons. The lowest BCUT2D eigenvalue weighted by molar-refractivity contribution is -0.127. The van der Waals surface area contributed by atoms with Crippen molar-refractivity contribution in [2.24, 2.45) is 11.7 Å². The Hall–Kier alpha value is -4.33. The molecule has 0 bridgehead atoms. The predicted molar refractivity (Wildman–Crippen MR) is 162 cm³/mol. The maximum Gasteiger partial charge on any atom is 0.247 e. The Bertz CT molecular complexity index is 1270. The van der Waals surface area contributed by atoms with Crippen LogP contribution in [0.3, 0.4) is 0 Å². The fraction of sp³-hybridized carbons (Fsp3) is 0.364. The van der Waals surface area contributed by atoms with E-state index >= 15 is 0 Å². The van der Waals surface area contributed by atoms with E-state index in [1.807, 2.05) is 78.9 Å². The Kier molecular flexibility index (Phi) is 10.8. The minimum atomic E-state index is -0.802. The molecule has 3 aromatic carbocycles. The van der Waals surface area contributed by atoms with Crippen LogP contribution in [0.5, 0.6) is 5.75 Å². The minimum absolute atomic E-state index is 0.102. The van der Waals surface area contributed by atoms with E-state index in [2.05, 4.69) is 15.5 Å². The van der Waals surface area contributed by atoms with Crippen LogP contribution in [0, 0.1) is 5.92 Å². The van der Waals surface area contributed by atoms with Crippen LogP contribution in [0.4, 0.5) is 11.4 Å². The summed E-state index contributed by atoms with van der Waals surface area (Å²) in [5, 5.41) is 5.82. The van der Waals surface area contributed by atoms with Crippen molar-refractivity contribution in [3.63, 3.8) is 0 Å². The third-order valence-corrected chi connectivity index (χ3v) is 7.41. The third kappa shape index (κ3) is 9.38. The van der Waals surface area contributed by atoms with Gasteiger partial charge in [-0.1, -0.05) is 49.4 Å². The van der Waals surface area contributed by atoms with E-state index in [-0.39, 0.29) is 18.2 Å². The molecule has 1 aliphatic heterocycles. The van der Waals surface area contributed by atoms with Crippen LogP contribution in [0.1, 0.15) is 50.2 Å². The number of hydrogen-bond acceptors (Lipinski definition) is 5. The molecular weight excluding hydrogens is 516 g/mol. The van der Waals surface area contributed by atoms with Crippen molar-refractivity contribution < 1.29 is 19.1 Å².